The van der Waals surface area contributed by atoms with E-state index in [1.54, 1.807) is 11.3 Å². The van der Waals surface area contributed by atoms with E-state index in [0.29, 0.717) is 6.61 Å². The molecule has 0 N–H and O–H groups in total. The van der Waals surface area contributed by atoms with Crippen LogP contribution >= 0.6 is 11.3 Å². The van der Waals surface area contributed by atoms with E-state index in [2.05, 4.69) is 10.9 Å². The molecule has 0 radical (unpaired) electrons. The van der Waals surface area contributed by atoms with Crippen LogP contribution in [0.5, 0.6) is 5.75 Å². The largest absolute Gasteiger partial charge is 0.481 e. The summed E-state index contributed by atoms with van der Waals surface area (Å²) in [5.74, 6) is 3.24. The van der Waals surface area contributed by atoms with Gasteiger partial charge in [-0.05, 0) is 25.1 Å². The third-order valence-corrected chi connectivity index (χ3v) is 2.72. The Morgan fingerprint density at radius 2 is 2.43 bits per heavy atom. The Morgan fingerprint density at radius 3 is 3.21 bits per heavy atom. The zero-order chi connectivity index (χ0) is 9.97. The number of fused-ring (bicyclic) bond motifs is 1. The molecule has 0 saturated carbocycles. The van der Waals surface area contributed by atoms with Gasteiger partial charge in [0.2, 0.25) is 0 Å². The average Bonchev–Trinajstić information content (AvgIpc) is 2.54. The fraction of sp³-hybridized carbons (Fsp3) is 0.182. The van der Waals surface area contributed by atoms with Crippen LogP contribution in [0.3, 0.4) is 0 Å². The highest BCUT2D eigenvalue weighted by atomic mass is 32.1. The molecule has 3 heteroatoms. The minimum Gasteiger partial charge on any atom is -0.481 e. The summed E-state index contributed by atoms with van der Waals surface area (Å²) in [6, 6.07) is 5.81. The van der Waals surface area contributed by atoms with Crippen molar-refractivity contribution in [3.05, 3.63) is 23.2 Å². The number of thiazole rings is 1. The van der Waals surface area contributed by atoms with Crippen LogP contribution in [-0.4, -0.2) is 11.6 Å². The quantitative estimate of drug-likeness (QED) is 0.700. The summed E-state index contributed by atoms with van der Waals surface area (Å²) in [6.45, 7) is 2.30. The summed E-state index contributed by atoms with van der Waals surface area (Å²) < 4.78 is 6.45. The second-order valence-corrected chi connectivity index (χ2v) is 4.09. The minimum absolute atomic E-state index is 0.309. The molecule has 0 amide bonds. The molecule has 0 unspecified atom stereocenters. The van der Waals surface area contributed by atoms with Crippen LogP contribution in [0.2, 0.25) is 0 Å². The number of terminal acetylenes is 1. The molecule has 70 valence electrons. The Morgan fingerprint density at radius 1 is 1.57 bits per heavy atom. The molecule has 0 aliphatic heterocycles. The zero-order valence-corrected chi connectivity index (χ0v) is 8.60. The van der Waals surface area contributed by atoms with Crippen molar-refractivity contribution in [3.8, 4) is 18.1 Å². The summed E-state index contributed by atoms with van der Waals surface area (Å²) in [6.07, 6.45) is 5.11. The normalized spacial score (nSPS) is 10.0. The summed E-state index contributed by atoms with van der Waals surface area (Å²) in [7, 11) is 0. The average molecular weight is 203 g/mol. The van der Waals surface area contributed by atoms with Gasteiger partial charge in [-0.1, -0.05) is 5.92 Å². The highest BCUT2D eigenvalue weighted by molar-refractivity contribution is 7.18. The second kappa shape index (κ2) is 3.69. The number of nitrogens with zero attached hydrogens (tertiary/aromatic N) is 1. The van der Waals surface area contributed by atoms with E-state index in [4.69, 9.17) is 11.2 Å². The van der Waals surface area contributed by atoms with Crippen molar-refractivity contribution in [1.29, 1.82) is 0 Å². The first-order valence-corrected chi connectivity index (χ1v) is 5.05. The van der Waals surface area contributed by atoms with E-state index in [9.17, 15) is 0 Å². The molecule has 0 bridgehead atoms. The van der Waals surface area contributed by atoms with Gasteiger partial charge >= 0.3 is 0 Å². The molecule has 0 fully saturated rings. The Balaban J connectivity index is 2.36. The molecule has 2 aromatic rings. The molecular weight excluding hydrogens is 194 g/mol. The smallest absolute Gasteiger partial charge is 0.148 e. The lowest BCUT2D eigenvalue weighted by Crippen LogP contribution is -1.92. The lowest BCUT2D eigenvalue weighted by atomic mass is 10.3. The molecule has 0 spiro atoms. The lowest BCUT2D eigenvalue weighted by molar-refractivity contribution is 0.371. The van der Waals surface area contributed by atoms with E-state index in [-0.39, 0.29) is 0 Å². The molecular formula is C11H9NOS. The maximum absolute atomic E-state index is 5.32. The molecule has 1 aromatic heterocycles. The number of rotatable bonds is 2. The first-order valence-electron chi connectivity index (χ1n) is 4.23. The summed E-state index contributed by atoms with van der Waals surface area (Å²) in [5.41, 5.74) is 1.01. The second-order valence-electron chi connectivity index (χ2n) is 2.86. The lowest BCUT2D eigenvalue weighted by Gasteiger charge is -2.00. The molecule has 0 atom stereocenters. The summed E-state index contributed by atoms with van der Waals surface area (Å²) in [4.78, 5) is 4.36. The van der Waals surface area contributed by atoms with Crippen molar-refractivity contribution in [2.24, 2.45) is 0 Å². The van der Waals surface area contributed by atoms with Crippen LogP contribution in [0.15, 0.2) is 18.2 Å². The highest BCUT2D eigenvalue weighted by Gasteiger charge is 2.01. The van der Waals surface area contributed by atoms with Gasteiger partial charge in [0.15, 0.2) is 0 Å². The van der Waals surface area contributed by atoms with Crippen molar-refractivity contribution in [2.75, 3.05) is 6.61 Å². The van der Waals surface area contributed by atoms with E-state index in [1.807, 2.05) is 25.1 Å². The third-order valence-electron chi connectivity index (χ3n) is 1.79. The first kappa shape index (κ1) is 9.04. The standard InChI is InChI=1S/C11H9NOS/c1-3-6-13-9-4-5-10-11(7-9)14-8(2)12-10/h1,4-5,7H,6H2,2H3. The molecule has 0 saturated heterocycles. The Kier molecular flexibility index (Phi) is 2.38. The highest BCUT2D eigenvalue weighted by Crippen LogP contribution is 2.25. The van der Waals surface area contributed by atoms with E-state index >= 15 is 0 Å². The third kappa shape index (κ3) is 1.70. The van der Waals surface area contributed by atoms with Crippen LogP contribution in [0.25, 0.3) is 10.2 Å². The fourth-order valence-corrected chi connectivity index (χ4v) is 2.09. The molecule has 1 aromatic carbocycles. The Bertz CT molecular complexity index is 495. The number of aryl methyl sites for hydroxylation is 1. The van der Waals surface area contributed by atoms with Crippen LogP contribution in [0.1, 0.15) is 5.01 Å². The van der Waals surface area contributed by atoms with Crippen molar-refractivity contribution in [3.63, 3.8) is 0 Å². The predicted octanol–water partition coefficient (Wildman–Crippen LogP) is 2.62. The maximum atomic E-state index is 5.32. The van der Waals surface area contributed by atoms with Gasteiger partial charge in [-0.3, -0.25) is 0 Å². The van der Waals surface area contributed by atoms with Gasteiger partial charge in [-0.25, -0.2) is 4.98 Å². The number of hydrogen-bond acceptors (Lipinski definition) is 3. The summed E-state index contributed by atoms with van der Waals surface area (Å²) >= 11 is 1.66. The zero-order valence-electron chi connectivity index (χ0n) is 7.78. The van der Waals surface area contributed by atoms with Gasteiger partial charge in [0.05, 0.1) is 15.2 Å². The summed E-state index contributed by atoms with van der Waals surface area (Å²) in [5, 5.41) is 1.06. The van der Waals surface area contributed by atoms with Gasteiger partial charge in [0, 0.05) is 0 Å². The van der Waals surface area contributed by atoms with Gasteiger partial charge in [-0.2, -0.15) is 0 Å². The van der Waals surface area contributed by atoms with Gasteiger partial charge < -0.3 is 4.74 Å². The SMILES string of the molecule is C#CCOc1ccc2nc(C)sc2c1. The van der Waals surface area contributed by atoms with Gasteiger partial charge in [0.25, 0.3) is 0 Å². The first-order chi connectivity index (χ1) is 6.79. The van der Waals surface area contributed by atoms with Crippen LogP contribution in [-0.2, 0) is 0 Å². The maximum Gasteiger partial charge on any atom is 0.148 e. The molecule has 1 heterocycles. The number of ether oxygens (including phenoxy) is 1. The van der Waals surface area contributed by atoms with Gasteiger partial charge in [0.1, 0.15) is 12.4 Å². The Hall–Kier alpha value is -1.53. The fourth-order valence-electron chi connectivity index (χ4n) is 1.23. The van der Waals surface area contributed by atoms with Crippen LogP contribution in [0.4, 0.5) is 0 Å². The molecule has 14 heavy (non-hydrogen) atoms. The van der Waals surface area contributed by atoms with Crippen LogP contribution < -0.4 is 4.74 Å². The van der Waals surface area contributed by atoms with Crippen LogP contribution in [0, 0.1) is 19.3 Å². The van der Waals surface area contributed by atoms with E-state index in [0.717, 1.165) is 21.0 Å². The topological polar surface area (TPSA) is 22.1 Å². The predicted molar refractivity (Wildman–Crippen MR) is 58.7 cm³/mol. The minimum atomic E-state index is 0.309. The molecule has 2 nitrogen and oxygen atoms in total. The number of hydrogen-bond donors (Lipinski definition) is 0. The van der Waals surface area contributed by atoms with Crippen molar-refractivity contribution in [2.45, 2.75) is 6.92 Å². The molecule has 0 aliphatic rings. The van der Waals surface area contributed by atoms with E-state index in [1.165, 1.54) is 0 Å². The van der Waals surface area contributed by atoms with Gasteiger partial charge in [-0.15, -0.1) is 17.8 Å². The monoisotopic (exact) mass is 203 g/mol. The number of benzene rings is 1. The van der Waals surface area contributed by atoms with Crippen molar-refractivity contribution >= 4 is 21.6 Å². The van der Waals surface area contributed by atoms with Crippen molar-refractivity contribution in [1.82, 2.24) is 4.98 Å². The van der Waals surface area contributed by atoms with E-state index < -0.39 is 0 Å². The molecule has 2 rings (SSSR count). The molecule has 0 aliphatic carbocycles. The van der Waals surface area contributed by atoms with Crippen molar-refractivity contribution < 1.29 is 4.74 Å². The number of aromatic nitrogens is 1. The Labute approximate surface area is 86.5 Å².